The van der Waals surface area contributed by atoms with E-state index < -0.39 is 29.0 Å². The van der Waals surface area contributed by atoms with E-state index in [2.05, 4.69) is 10.6 Å². The summed E-state index contributed by atoms with van der Waals surface area (Å²) in [6.07, 6.45) is -3.77. The molecule has 0 aromatic heterocycles. The lowest BCUT2D eigenvalue weighted by Crippen LogP contribution is -2.50. The highest BCUT2D eigenvalue weighted by atomic mass is 19.4. The fourth-order valence-electron chi connectivity index (χ4n) is 2.30. The summed E-state index contributed by atoms with van der Waals surface area (Å²) in [5.74, 6) is -1.60. The van der Waals surface area contributed by atoms with Gasteiger partial charge in [0.1, 0.15) is 5.82 Å². The van der Waals surface area contributed by atoms with Gasteiger partial charge in [-0.15, -0.1) is 0 Å². The zero-order valence-electron chi connectivity index (χ0n) is 11.4. The standard InChI is InChI=1S/C14H16F4N2O/c1-8-4-5-19-7-12(8)20-13(21)10-6-9(14(16,17)18)2-3-11(10)15/h2-3,6,8,12,19H,4-5,7H2,1H3,(H,20,21)/t8-,12-/m0/s1. The zero-order chi connectivity index (χ0) is 15.6. The Morgan fingerprint density at radius 1 is 1.38 bits per heavy atom. The Morgan fingerprint density at radius 3 is 2.71 bits per heavy atom. The Morgan fingerprint density at radius 2 is 2.10 bits per heavy atom. The summed E-state index contributed by atoms with van der Waals surface area (Å²) in [6.45, 7) is 3.28. The van der Waals surface area contributed by atoms with E-state index in [9.17, 15) is 22.4 Å². The van der Waals surface area contributed by atoms with Gasteiger partial charge in [0.05, 0.1) is 11.1 Å². The van der Waals surface area contributed by atoms with Crippen molar-refractivity contribution in [2.75, 3.05) is 13.1 Å². The average Bonchev–Trinajstić information content (AvgIpc) is 2.40. The third-order valence-electron chi connectivity index (χ3n) is 3.68. The highest BCUT2D eigenvalue weighted by molar-refractivity contribution is 5.94. The largest absolute Gasteiger partial charge is 0.416 e. The molecule has 0 aliphatic carbocycles. The van der Waals surface area contributed by atoms with E-state index in [1.807, 2.05) is 6.92 Å². The van der Waals surface area contributed by atoms with Crippen LogP contribution < -0.4 is 10.6 Å². The maximum absolute atomic E-state index is 13.6. The Hall–Kier alpha value is -1.63. The summed E-state index contributed by atoms with van der Waals surface area (Å²) in [4.78, 5) is 12.0. The first-order valence-corrected chi connectivity index (χ1v) is 6.67. The van der Waals surface area contributed by atoms with Crippen molar-refractivity contribution in [1.82, 2.24) is 10.6 Å². The molecular formula is C14H16F4N2O. The molecule has 1 fully saturated rings. The molecule has 1 amide bonds. The van der Waals surface area contributed by atoms with Gasteiger partial charge in [0.2, 0.25) is 0 Å². The second kappa shape index (κ2) is 6.01. The van der Waals surface area contributed by atoms with Crippen LogP contribution in [0.3, 0.4) is 0 Å². The van der Waals surface area contributed by atoms with E-state index in [0.717, 1.165) is 13.0 Å². The van der Waals surface area contributed by atoms with Crippen LogP contribution in [0, 0.1) is 11.7 Å². The van der Waals surface area contributed by atoms with Gasteiger partial charge in [0.15, 0.2) is 0 Å². The fraction of sp³-hybridized carbons (Fsp3) is 0.500. The SMILES string of the molecule is C[C@H]1CCNC[C@@H]1NC(=O)c1cc(C(F)(F)F)ccc1F. The number of alkyl halides is 3. The van der Waals surface area contributed by atoms with E-state index in [0.29, 0.717) is 24.7 Å². The minimum atomic E-state index is -4.61. The van der Waals surface area contributed by atoms with Crippen molar-refractivity contribution in [1.29, 1.82) is 0 Å². The van der Waals surface area contributed by atoms with E-state index in [4.69, 9.17) is 0 Å². The quantitative estimate of drug-likeness (QED) is 0.825. The van der Waals surface area contributed by atoms with Gasteiger partial charge in [-0.3, -0.25) is 4.79 Å². The third-order valence-corrected chi connectivity index (χ3v) is 3.68. The molecule has 116 valence electrons. The Kier molecular flexibility index (Phi) is 4.51. The Bertz CT molecular complexity index is 530. The first-order valence-electron chi connectivity index (χ1n) is 6.67. The van der Waals surface area contributed by atoms with Crippen molar-refractivity contribution in [3.05, 3.63) is 35.1 Å². The molecule has 2 atom stereocenters. The molecule has 0 radical (unpaired) electrons. The van der Waals surface area contributed by atoms with Crippen molar-refractivity contribution in [3.63, 3.8) is 0 Å². The maximum Gasteiger partial charge on any atom is 0.416 e. The number of carbonyl (C=O) groups excluding carboxylic acids is 1. The summed E-state index contributed by atoms with van der Waals surface area (Å²) in [7, 11) is 0. The fourth-order valence-corrected chi connectivity index (χ4v) is 2.30. The van der Waals surface area contributed by atoms with Crippen molar-refractivity contribution in [2.24, 2.45) is 5.92 Å². The molecule has 21 heavy (non-hydrogen) atoms. The van der Waals surface area contributed by atoms with Crippen molar-refractivity contribution >= 4 is 5.91 Å². The lowest BCUT2D eigenvalue weighted by Gasteiger charge is -2.30. The van der Waals surface area contributed by atoms with Gasteiger partial charge in [0, 0.05) is 12.6 Å². The molecule has 2 rings (SSSR count). The first-order chi connectivity index (χ1) is 9.79. The topological polar surface area (TPSA) is 41.1 Å². The molecule has 3 nitrogen and oxygen atoms in total. The van der Waals surface area contributed by atoms with Gasteiger partial charge >= 0.3 is 6.18 Å². The van der Waals surface area contributed by atoms with Crippen LogP contribution in [-0.4, -0.2) is 25.0 Å². The molecule has 0 spiro atoms. The second-order valence-corrected chi connectivity index (χ2v) is 5.24. The van der Waals surface area contributed by atoms with E-state index in [1.54, 1.807) is 0 Å². The monoisotopic (exact) mass is 304 g/mol. The maximum atomic E-state index is 13.6. The first kappa shape index (κ1) is 15.8. The normalized spacial score (nSPS) is 22.9. The van der Waals surface area contributed by atoms with E-state index >= 15 is 0 Å². The number of piperidine rings is 1. The molecular weight excluding hydrogens is 288 g/mol. The Balaban J connectivity index is 2.18. The highest BCUT2D eigenvalue weighted by Gasteiger charge is 2.32. The zero-order valence-corrected chi connectivity index (χ0v) is 11.4. The predicted octanol–water partition coefficient (Wildman–Crippen LogP) is 2.57. The summed E-state index contributed by atoms with van der Waals surface area (Å²) >= 11 is 0. The van der Waals surface area contributed by atoms with Gasteiger partial charge in [-0.1, -0.05) is 6.92 Å². The Labute approximate surface area is 119 Å². The predicted molar refractivity (Wildman–Crippen MR) is 69.3 cm³/mol. The molecule has 0 unspecified atom stereocenters. The highest BCUT2D eigenvalue weighted by Crippen LogP contribution is 2.30. The van der Waals surface area contributed by atoms with Crippen LogP contribution in [-0.2, 0) is 6.18 Å². The molecule has 1 aromatic carbocycles. The summed E-state index contributed by atoms with van der Waals surface area (Å²) in [5, 5.41) is 5.68. The number of benzene rings is 1. The van der Waals surface area contributed by atoms with Crippen molar-refractivity contribution < 1.29 is 22.4 Å². The van der Waals surface area contributed by atoms with E-state index in [1.165, 1.54) is 0 Å². The number of rotatable bonds is 2. The van der Waals surface area contributed by atoms with Gasteiger partial charge < -0.3 is 10.6 Å². The summed E-state index contributed by atoms with van der Waals surface area (Å²) in [5.41, 5.74) is -1.62. The van der Waals surface area contributed by atoms with Gasteiger partial charge in [-0.2, -0.15) is 13.2 Å². The van der Waals surface area contributed by atoms with Crippen LogP contribution in [0.15, 0.2) is 18.2 Å². The van der Waals surface area contributed by atoms with Gasteiger partial charge in [-0.25, -0.2) is 4.39 Å². The van der Waals surface area contributed by atoms with Gasteiger partial charge in [0.25, 0.3) is 5.91 Å². The molecule has 0 bridgehead atoms. The summed E-state index contributed by atoms with van der Waals surface area (Å²) in [6, 6.07) is 1.61. The van der Waals surface area contributed by atoms with Crippen molar-refractivity contribution in [3.8, 4) is 0 Å². The summed E-state index contributed by atoms with van der Waals surface area (Å²) < 4.78 is 51.5. The third kappa shape index (κ3) is 3.72. The number of nitrogens with one attached hydrogen (secondary N) is 2. The number of hydrogen-bond acceptors (Lipinski definition) is 2. The number of carbonyl (C=O) groups is 1. The molecule has 7 heteroatoms. The second-order valence-electron chi connectivity index (χ2n) is 5.24. The molecule has 1 aliphatic heterocycles. The van der Waals surface area contributed by atoms with Gasteiger partial charge in [-0.05, 0) is 37.1 Å². The van der Waals surface area contributed by atoms with Crippen LogP contribution in [0.25, 0.3) is 0 Å². The molecule has 1 aliphatic rings. The lowest BCUT2D eigenvalue weighted by molar-refractivity contribution is -0.137. The molecule has 2 N–H and O–H groups in total. The van der Waals surface area contributed by atoms with Crippen LogP contribution >= 0.6 is 0 Å². The smallest absolute Gasteiger partial charge is 0.348 e. The molecule has 1 heterocycles. The molecule has 0 saturated carbocycles. The number of amides is 1. The minimum absolute atomic E-state index is 0.184. The van der Waals surface area contributed by atoms with Crippen LogP contribution in [0.4, 0.5) is 17.6 Å². The van der Waals surface area contributed by atoms with Crippen LogP contribution in [0.5, 0.6) is 0 Å². The molecule has 1 aromatic rings. The average molecular weight is 304 g/mol. The molecule has 1 saturated heterocycles. The lowest BCUT2D eigenvalue weighted by atomic mass is 9.94. The number of halogens is 4. The minimum Gasteiger partial charge on any atom is -0.348 e. The van der Waals surface area contributed by atoms with Crippen LogP contribution in [0.1, 0.15) is 29.3 Å². The van der Waals surface area contributed by atoms with Crippen molar-refractivity contribution in [2.45, 2.75) is 25.6 Å². The number of hydrogen-bond donors (Lipinski definition) is 2. The van der Waals surface area contributed by atoms with Crippen LogP contribution in [0.2, 0.25) is 0 Å². The van der Waals surface area contributed by atoms with E-state index in [-0.39, 0.29) is 12.0 Å².